The van der Waals surface area contributed by atoms with Gasteiger partial charge in [0.15, 0.2) is 26.3 Å². The number of alkyl carbamates (subject to hydrolysis) is 3. The van der Waals surface area contributed by atoms with Crippen LogP contribution in [-0.2, 0) is 14.2 Å². The second-order valence-corrected chi connectivity index (χ2v) is 22.4. The molecule has 82 heavy (non-hydrogen) atoms. The average Bonchev–Trinajstić information content (AvgIpc) is 2.73. The molecule has 0 radical (unpaired) electrons. The van der Waals surface area contributed by atoms with E-state index in [9.17, 15) is 24.3 Å². The fourth-order valence-corrected chi connectivity index (χ4v) is 10.9. The molecule has 14 nitrogen and oxygen atoms in total. The van der Waals surface area contributed by atoms with Gasteiger partial charge in [-0.15, -0.1) is 0 Å². The number of carboxylic acids is 1. The van der Waals surface area contributed by atoms with Gasteiger partial charge in [-0.2, -0.15) is 0 Å². The molecular weight excluding hydrogens is 1030 g/mol. The van der Waals surface area contributed by atoms with E-state index in [-0.39, 0.29) is 25.4 Å². The maximum atomic E-state index is 12.8. The van der Waals surface area contributed by atoms with Crippen molar-refractivity contribution in [2.45, 2.75) is 226 Å². The van der Waals surface area contributed by atoms with Crippen LogP contribution in [0.15, 0.2) is 65.1 Å². The Hall–Kier alpha value is -5.79. The number of rotatable bonds is 47. The SMILES string of the molecule is CCCCCCCCCCCCCCCCCCNC(=O)OCCN(CC)c1ccc2c(-c3ccccc3C(=O)O)c3ccc(=[N+](CCOC(=O)NC)CCOC(=O)NCCCCCCCCCCCCCCCCCC)cc-3oc2c1. The minimum atomic E-state index is -1.05. The summed E-state index contributed by atoms with van der Waals surface area (Å²) >= 11 is 0. The molecule has 0 spiro atoms. The molecule has 0 saturated heterocycles. The van der Waals surface area contributed by atoms with Crippen LogP contribution in [0.1, 0.15) is 237 Å². The van der Waals surface area contributed by atoms with Crippen molar-refractivity contribution in [2.24, 2.45) is 0 Å². The molecule has 4 rings (SSSR count). The van der Waals surface area contributed by atoms with Crippen LogP contribution in [0, 0.1) is 0 Å². The Morgan fingerprint density at radius 3 is 1.43 bits per heavy atom. The zero-order valence-electron chi connectivity index (χ0n) is 51.4. The van der Waals surface area contributed by atoms with Crippen LogP contribution in [0.2, 0.25) is 0 Å². The van der Waals surface area contributed by atoms with Crippen LogP contribution in [0.4, 0.5) is 20.1 Å². The highest BCUT2D eigenvalue weighted by molar-refractivity contribution is 6.07. The number of carbonyl (C=O) groups excluding carboxylic acids is 3. The first kappa shape index (κ1) is 68.7. The fourth-order valence-electron chi connectivity index (χ4n) is 10.9. The number of ether oxygens (including phenoxy) is 3. The third-order valence-electron chi connectivity index (χ3n) is 15.8. The average molecular weight is 1140 g/mol. The number of benzene rings is 3. The molecule has 0 fully saturated rings. The van der Waals surface area contributed by atoms with Gasteiger partial charge in [0, 0.05) is 61.0 Å². The summed E-state index contributed by atoms with van der Waals surface area (Å²) in [4.78, 5) is 52.4. The number of anilines is 1. The van der Waals surface area contributed by atoms with E-state index in [1.54, 1.807) is 12.1 Å². The number of nitrogens with one attached hydrogen (secondary N) is 3. The molecule has 0 atom stereocenters. The fraction of sp³-hybridized carbons (Fsp3) is 0.662. The Labute approximate surface area is 493 Å². The van der Waals surface area contributed by atoms with Crippen LogP contribution in [-0.4, -0.2) is 95.5 Å². The van der Waals surface area contributed by atoms with Crippen LogP contribution in [0.3, 0.4) is 0 Å². The van der Waals surface area contributed by atoms with Crippen molar-refractivity contribution in [2.75, 3.05) is 71.0 Å². The van der Waals surface area contributed by atoms with E-state index in [2.05, 4.69) is 34.7 Å². The number of hydrogen-bond donors (Lipinski definition) is 4. The quantitative estimate of drug-likeness (QED) is 0.0144. The number of fused-ring (bicyclic) bond motifs is 2. The highest BCUT2D eigenvalue weighted by Crippen LogP contribution is 2.42. The van der Waals surface area contributed by atoms with Crippen molar-refractivity contribution in [3.8, 4) is 22.5 Å². The second kappa shape index (κ2) is 43.8. The Bertz CT molecular complexity index is 2420. The molecule has 0 saturated carbocycles. The van der Waals surface area contributed by atoms with E-state index < -0.39 is 24.2 Å². The molecule has 3 amide bonds. The zero-order valence-corrected chi connectivity index (χ0v) is 51.4. The lowest BCUT2D eigenvalue weighted by molar-refractivity contribution is 0.0697. The van der Waals surface area contributed by atoms with Crippen molar-refractivity contribution >= 4 is 40.9 Å². The molecule has 458 valence electrons. The van der Waals surface area contributed by atoms with Gasteiger partial charge in [0.1, 0.15) is 18.0 Å². The van der Waals surface area contributed by atoms with Gasteiger partial charge in [0.05, 0.1) is 18.2 Å². The molecule has 4 N–H and O–H groups in total. The summed E-state index contributed by atoms with van der Waals surface area (Å²) in [5.74, 6) is -0.548. The van der Waals surface area contributed by atoms with Crippen LogP contribution < -0.4 is 30.8 Å². The lowest BCUT2D eigenvalue weighted by atomic mass is 9.90. The molecule has 0 unspecified atom stereocenters. The Balaban J connectivity index is 1.32. The summed E-state index contributed by atoms with van der Waals surface area (Å²) < 4.78 is 25.4. The molecule has 0 bridgehead atoms. The summed E-state index contributed by atoms with van der Waals surface area (Å²) in [6, 6.07) is 18.5. The van der Waals surface area contributed by atoms with Gasteiger partial charge in [-0.05, 0) is 49.6 Å². The number of nitrogens with zero attached hydrogens (tertiary/aromatic N) is 2. The zero-order chi connectivity index (χ0) is 58.7. The lowest BCUT2D eigenvalue weighted by Crippen LogP contribution is -2.37. The van der Waals surface area contributed by atoms with Crippen molar-refractivity contribution < 1.29 is 42.9 Å². The number of carbonyl (C=O) groups is 4. The maximum Gasteiger partial charge on any atom is 0.407 e. The minimum absolute atomic E-state index is 0.0659. The van der Waals surface area contributed by atoms with E-state index in [0.29, 0.717) is 67.3 Å². The van der Waals surface area contributed by atoms with Gasteiger partial charge in [0.25, 0.3) is 0 Å². The summed E-state index contributed by atoms with van der Waals surface area (Å²) in [7, 11) is 1.50. The normalized spacial score (nSPS) is 11.7. The predicted octanol–water partition coefficient (Wildman–Crippen LogP) is 16.8. The molecule has 2 aromatic carbocycles. The molecule has 1 heterocycles. The van der Waals surface area contributed by atoms with E-state index in [1.807, 2.05) is 60.0 Å². The van der Waals surface area contributed by atoms with Gasteiger partial charge in [-0.25, -0.2) is 23.8 Å². The number of unbranched alkanes of at least 4 members (excludes halogenated alkanes) is 30. The van der Waals surface area contributed by atoms with Gasteiger partial charge in [-0.3, -0.25) is 0 Å². The minimum Gasteiger partial charge on any atom is -0.478 e. The summed E-state index contributed by atoms with van der Waals surface area (Å²) in [5, 5.41) is 20.1. The van der Waals surface area contributed by atoms with Crippen LogP contribution in [0.5, 0.6) is 0 Å². The molecule has 2 aliphatic rings. The van der Waals surface area contributed by atoms with Crippen molar-refractivity contribution in [1.29, 1.82) is 0 Å². The second-order valence-electron chi connectivity index (χ2n) is 22.4. The standard InChI is InChI=1S/C68H107N5O9/c1-5-8-10-12-14-16-18-20-22-24-26-28-30-32-34-38-46-70-67(77)80-51-48-72(7-3)56-42-44-60-62(54-56)82-63-55-57(43-45-61(63)64(60)58-40-36-37-41-59(58)65(74)75)73(49-52-79-66(76)69-4)50-53-81-68(78)71-47-39-35-33-31-29-27-25-23-21-19-17-15-13-11-9-6-2/h36-37,40-45,54-55H,5-35,38-39,46-53H2,1-4H3,(H3-,69,70,71,74,75,76,77,78)/p+1. The summed E-state index contributed by atoms with van der Waals surface area (Å²) in [5.41, 5.74) is 3.49. The molecular formula is C68H108N5O9+. The maximum absolute atomic E-state index is 12.8. The van der Waals surface area contributed by atoms with Crippen LogP contribution in [0.25, 0.3) is 33.4 Å². The Morgan fingerprint density at radius 2 is 0.963 bits per heavy atom. The smallest absolute Gasteiger partial charge is 0.407 e. The highest BCUT2D eigenvalue weighted by atomic mass is 16.6. The Morgan fingerprint density at radius 1 is 0.512 bits per heavy atom. The molecule has 1 aliphatic carbocycles. The third-order valence-corrected chi connectivity index (χ3v) is 15.8. The number of likely N-dealkylation sites (N-methyl/N-ethyl adjacent to an activating group) is 1. The molecule has 14 heteroatoms. The number of amides is 3. The van der Waals surface area contributed by atoms with Gasteiger partial charge < -0.3 is 44.6 Å². The van der Waals surface area contributed by atoms with Gasteiger partial charge >= 0.3 is 24.2 Å². The number of carboxylic acid groups (broad SMARTS) is 1. The van der Waals surface area contributed by atoms with E-state index >= 15 is 0 Å². The number of hydrogen-bond acceptors (Lipinski definition) is 9. The predicted molar refractivity (Wildman–Crippen MR) is 336 cm³/mol. The van der Waals surface area contributed by atoms with Gasteiger partial charge in [0.2, 0.25) is 5.36 Å². The molecule has 0 aromatic heterocycles. The molecule has 2 aromatic rings. The molecule has 1 aliphatic heterocycles. The van der Waals surface area contributed by atoms with E-state index in [0.717, 1.165) is 48.5 Å². The van der Waals surface area contributed by atoms with Gasteiger partial charge in [-0.1, -0.05) is 225 Å². The first-order chi connectivity index (χ1) is 40.2. The van der Waals surface area contributed by atoms with Crippen molar-refractivity contribution in [3.05, 3.63) is 71.6 Å². The largest absolute Gasteiger partial charge is 0.478 e. The van der Waals surface area contributed by atoms with Crippen molar-refractivity contribution in [3.63, 3.8) is 0 Å². The first-order valence-corrected chi connectivity index (χ1v) is 32.5. The lowest BCUT2D eigenvalue weighted by Gasteiger charge is -2.24. The summed E-state index contributed by atoms with van der Waals surface area (Å²) in [6.07, 6.45) is 40.0. The number of aromatic carboxylic acids is 1. The Kier molecular flexibility index (Phi) is 36.7. The van der Waals surface area contributed by atoms with E-state index in [4.69, 9.17) is 18.6 Å². The topological polar surface area (TPSA) is 172 Å². The van der Waals surface area contributed by atoms with E-state index in [1.165, 1.54) is 180 Å². The van der Waals surface area contributed by atoms with Crippen molar-refractivity contribution in [1.82, 2.24) is 20.5 Å². The van der Waals surface area contributed by atoms with Crippen LogP contribution >= 0.6 is 0 Å². The highest BCUT2D eigenvalue weighted by Gasteiger charge is 2.23. The summed E-state index contributed by atoms with van der Waals surface area (Å²) in [6.45, 7) is 9.74. The first-order valence-electron chi connectivity index (χ1n) is 32.5. The monoisotopic (exact) mass is 1140 g/mol. The third kappa shape index (κ3) is 28.0.